The lowest BCUT2D eigenvalue weighted by Crippen LogP contribution is -1.92. The smallest absolute Gasteiger partial charge is 0.147 e. The lowest BCUT2D eigenvalue weighted by molar-refractivity contribution is 1.12. The van der Waals surface area contributed by atoms with Gasteiger partial charge in [0.15, 0.2) is 0 Å². The zero-order valence-electron chi connectivity index (χ0n) is 11.1. The van der Waals surface area contributed by atoms with E-state index in [2.05, 4.69) is 47.2 Å². The van der Waals surface area contributed by atoms with Crippen LogP contribution < -0.4 is 0 Å². The first-order valence-corrected chi connectivity index (χ1v) is 6.61. The van der Waals surface area contributed by atoms with E-state index in [1.807, 2.05) is 35.1 Å². The molecule has 4 aromatic rings. The fourth-order valence-electron chi connectivity index (χ4n) is 2.51. The summed E-state index contributed by atoms with van der Waals surface area (Å²) in [7, 11) is 0. The van der Waals surface area contributed by atoms with E-state index in [9.17, 15) is 0 Å². The summed E-state index contributed by atoms with van der Waals surface area (Å²) >= 11 is 0. The Morgan fingerprint density at radius 2 is 1.70 bits per heavy atom. The lowest BCUT2D eigenvalue weighted by atomic mass is 10.1. The van der Waals surface area contributed by atoms with Crippen LogP contribution in [0.15, 0.2) is 61.1 Å². The summed E-state index contributed by atoms with van der Waals surface area (Å²) in [5.74, 6) is 0. The van der Waals surface area contributed by atoms with Gasteiger partial charge in [0.1, 0.15) is 12.0 Å². The van der Waals surface area contributed by atoms with Crippen molar-refractivity contribution < 1.29 is 0 Å². The average molecular weight is 259 g/mol. The maximum absolute atomic E-state index is 4.57. The second-order valence-electron chi connectivity index (χ2n) is 4.96. The Morgan fingerprint density at radius 1 is 0.900 bits per heavy atom. The molecule has 0 spiro atoms. The maximum Gasteiger partial charge on any atom is 0.147 e. The van der Waals surface area contributed by atoms with Crippen molar-refractivity contribution >= 4 is 16.6 Å². The lowest BCUT2D eigenvalue weighted by Gasteiger charge is -2.04. The Labute approximate surface area is 116 Å². The normalized spacial score (nSPS) is 11.2. The Hall–Kier alpha value is -2.68. The number of aromatic nitrogens is 3. The minimum atomic E-state index is 0.950. The number of hydrogen-bond donors (Lipinski definition) is 0. The van der Waals surface area contributed by atoms with E-state index in [1.54, 1.807) is 0 Å². The standard InChI is InChI=1S/C17H13N3/c1-12-6-8-13(9-7-12)16-10-18-17-14-4-2-3-5-15(14)19-11-20(16)17/h2-11H,1H3. The van der Waals surface area contributed by atoms with E-state index >= 15 is 0 Å². The summed E-state index contributed by atoms with van der Waals surface area (Å²) in [5.41, 5.74) is 5.40. The quantitative estimate of drug-likeness (QED) is 0.519. The molecule has 20 heavy (non-hydrogen) atoms. The third-order valence-corrected chi connectivity index (χ3v) is 3.60. The second kappa shape index (κ2) is 4.17. The van der Waals surface area contributed by atoms with Gasteiger partial charge in [-0.3, -0.25) is 4.40 Å². The zero-order valence-corrected chi connectivity index (χ0v) is 11.1. The summed E-state index contributed by atoms with van der Waals surface area (Å²) < 4.78 is 2.05. The molecule has 0 fully saturated rings. The van der Waals surface area contributed by atoms with Gasteiger partial charge >= 0.3 is 0 Å². The van der Waals surface area contributed by atoms with Crippen LogP contribution in [0, 0.1) is 6.92 Å². The molecule has 0 N–H and O–H groups in total. The van der Waals surface area contributed by atoms with Gasteiger partial charge < -0.3 is 0 Å². The van der Waals surface area contributed by atoms with Gasteiger partial charge in [-0.2, -0.15) is 0 Å². The topological polar surface area (TPSA) is 30.2 Å². The molecule has 0 radical (unpaired) electrons. The molecule has 0 bridgehead atoms. The highest BCUT2D eigenvalue weighted by Crippen LogP contribution is 2.24. The number of nitrogens with zero attached hydrogens (tertiary/aromatic N) is 3. The van der Waals surface area contributed by atoms with Gasteiger partial charge in [-0.15, -0.1) is 0 Å². The van der Waals surface area contributed by atoms with Crippen LogP contribution in [0.5, 0.6) is 0 Å². The molecular weight excluding hydrogens is 246 g/mol. The molecule has 0 unspecified atom stereocenters. The van der Waals surface area contributed by atoms with E-state index in [0.29, 0.717) is 0 Å². The van der Waals surface area contributed by atoms with Crippen molar-refractivity contribution in [2.75, 3.05) is 0 Å². The van der Waals surface area contributed by atoms with Crippen molar-refractivity contribution in [3.8, 4) is 11.3 Å². The van der Waals surface area contributed by atoms with Crippen molar-refractivity contribution in [2.24, 2.45) is 0 Å². The van der Waals surface area contributed by atoms with E-state index in [4.69, 9.17) is 0 Å². The molecule has 2 heterocycles. The van der Waals surface area contributed by atoms with Gasteiger partial charge in [-0.25, -0.2) is 9.97 Å². The number of rotatable bonds is 1. The highest BCUT2D eigenvalue weighted by atomic mass is 15.0. The molecule has 0 amide bonds. The summed E-state index contributed by atoms with van der Waals surface area (Å²) in [4.78, 5) is 9.08. The molecule has 4 rings (SSSR count). The molecule has 3 heteroatoms. The fraction of sp³-hybridized carbons (Fsp3) is 0.0588. The van der Waals surface area contributed by atoms with E-state index in [0.717, 1.165) is 27.8 Å². The first-order valence-electron chi connectivity index (χ1n) is 6.61. The van der Waals surface area contributed by atoms with Crippen molar-refractivity contribution in [3.05, 3.63) is 66.6 Å². The molecule has 3 nitrogen and oxygen atoms in total. The predicted molar refractivity (Wildman–Crippen MR) is 80.7 cm³/mol. The number of aryl methyl sites for hydroxylation is 1. The Bertz CT molecular complexity index is 904. The van der Waals surface area contributed by atoms with Crippen molar-refractivity contribution in [3.63, 3.8) is 0 Å². The van der Waals surface area contributed by atoms with Crippen LogP contribution in [0.4, 0.5) is 0 Å². The zero-order chi connectivity index (χ0) is 13.5. The predicted octanol–water partition coefficient (Wildman–Crippen LogP) is 3.86. The minimum absolute atomic E-state index is 0.950. The van der Waals surface area contributed by atoms with Crippen LogP contribution in [0.1, 0.15) is 5.56 Å². The third-order valence-electron chi connectivity index (χ3n) is 3.60. The summed E-state index contributed by atoms with van der Waals surface area (Å²) in [6.45, 7) is 2.09. The molecule has 0 aliphatic carbocycles. The SMILES string of the molecule is Cc1ccc(-c2cnc3c4ccccc4ncn23)cc1. The molecular formula is C17H13N3. The summed E-state index contributed by atoms with van der Waals surface area (Å²) in [6, 6.07) is 16.5. The number of para-hydroxylation sites is 1. The van der Waals surface area contributed by atoms with Crippen LogP contribution in [-0.4, -0.2) is 14.4 Å². The van der Waals surface area contributed by atoms with Gasteiger partial charge in [0, 0.05) is 10.9 Å². The van der Waals surface area contributed by atoms with Crippen molar-refractivity contribution in [2.45, 2.75) is 6.92 Å². The molecule has 96 valence electrons. The molecule has 0 aliphatic heterocycles. The maximum atomic E-state index is 4.57. The molecule has 0 saturated carbocycles. The van der Waals surface area contributed by atoms with Crippen LogP contribution in [0.2, 0.25) is 0 Å². The van der Waals surface area contributed by atoms with Crippen LogP contribution in [-0.2, 0) is 0 Å². The molecule has 2 aromatic carbocycles. The Morgan fingerprint density at radius 3 is 2.55 bits per heavy atom. The van der Waals surface area contributed by atoms with E-state index in [-0.39, 0.29) is 0 Å². The summed E-state index contributed by atoms with van der Waals surface area (Å²) in [5, 5.41) is 1.08. The van der Waals surface area contributed by atoms with Gasteiger partial charge in [0.05, 0.1) is 17.4 Å². The average Bonchev–Trinajstić information content (AvgIpc) is 2.92. The van der Waals surface area contributed by atoms with Crippen molar-refractivity contribution in [1.29, 1.82) is 0 Å². The fourth-order valence-corrected chi connectivity index (χ4v) is 2.51. The molecule has 0 saturated heterocycles. The highest BCUT2D eigenvalue weighted by Gasteiger charge is 2.08. The largest absolute Gasteiger partial charge is 0.282 e. The summed E-state index contributed by atoms with van der Waals surface area (Å²) in [6.07, 6.45) is 3.76. The first-order chi connectivity index (χ1) is 9.83. The number of fused-ring (bicyclic) bond motifs is 3. The van der Waals surface area contributed by atoms with Gasteiger partial charge in [0.2, 0.25) is 0 Å². The van der Waals surface area contributed by atoms with Crippen LogP contribution in [0.25, 0.3) is 27.8 Å². The number of hydrogen-bond acceptors (Lipinski definition) is 2. The van der Waals surface area contributed by atoms with Crippen molar-refractivity contribution in [1.82, 2.24) is 14.4 Å². The van der Waals surface area contributed by atoms with Crippen LogP contribution >= 0.6 is 0 Å². The molecule has 0 aliphatic rings. The number of benzene rings is 2. The van der Waals surface area contributed by atoms with E-state index in [1.165, 1.54) is 5.56 Å². The Kier molecular flexibility index (Phi) is 2.33. The third kappa shape index (κ3) is 1.60. The van der Waals surface area contributed by atoms with E-state index < -0.39 is 0 Å². The monoisotopic (exact) mass is 259 g/mol. The second-order valence-corrected chi connectivity index (χ2v) is 4.96. The van der Waals surface area contributed by atoms with Crippen LogP contribution in [0.3, 0.4) is 0 Å². The first kappa shape index (κ1) is 11.2. The molecule has 0 atom stereocenters. The molecule has 2 aromatic heterocycles. The highest BCUT2D eigenvalue weighted by molar-refractivity contribution is 5.92. The van der Waals surface area contributed by atoms with Gasteiger partial charge in [-0.05, 0) is 19.1 Å². The number of imidazole rings is 1. The Balaban J connectivity index is 2.02. The van der Waals surface area contributed by atoms with Gasteiger partial charge in [-0.1, -0.05) is 42.0 Å². The minimum Gasteiger partial charge on any atom is -0.282 e. The van der Waals surface area contributed by atoms with Gasteiger partial charge in [0.25, 0.3) is 0 Å².